The molecule has 0 saturated carbocycles. The standard InChI is InChI=1S/C17H36N2O/c1-5-7-8-9-10-11-17(4,14-18)19-12-15(3)20-13-16(19)6-2/h15-16H,5-14,18H2,1-4H3. The van der Waals surface area contributed by atoms with Gasteiger partial charge in [-0.05, 0) is 26.7 Å². The maximum Gasteiger partial charge on any atom is 0.0675 e. The van der Waals surface area contributed by atoms with Gasteiger partial charge < -0.3 is 10.5 Å². The van der Waals surface area contributed by atoms with E-state index in [9.17, 15) is 0 Å². The van der Waals surface area contributed by atoms with E-state index in [4.69, 9.17) is 10.5 Å². The second kappa shape index (κ2) is 9.01. The van der Waals surface area contributed by atoms with Crippen LogP contribution in [0.25, 0.3) is 0 Å². The predicted molar refractivity (Wildman–Crippen MR) is 87.0 cm³/mol. The molecule has 3 atom stereocenters. The van der Waals surface area contributed by atoms with Gasteiger partial charge in [-0.2, -0.15) is 0 Å². The number of ether oxygens (including phenoxy) is 1. The molecule has 0 spiro atoms. The first-order valence-electron chi connectivity index (χ1n) is 8.65. The summed E-state index contributed by atoms with van der Waals surface area (Å²) in [5.41, 5.74) is 6.30. The fourth-order valence-electron chi connectivity index (χ4n) is 3.32. The largest absolute Gasteiger partial charge is 0.376 e. The SMILES string of the molecule is CCCCCCCC(C)(CN)N1CC(C)OCC1CC. The van der Waals surface area contributed by atoms with Crippen LogP contribution >= 0.6 is 0 Å². The number of hydrogen-bond donors (Lipinski definition) is 1. The molecule has 1 aliphatic heterocycles. The van der Waals surface area contributed by atoms with Crippen molar-refractivity contribution in [2.45, 2.75) is 90.3 Å². The minimum absolute atomic E-state index is 0.144. The summed E-state index contributed by atoms with van der Waals surface area (Å²) in [5, 5.41) is 0. The number of nitrogens with two attached hydrogens (primary N) is 1. The minimum Gasteiger partial charge on any atom is -0.376 e. The van der Waals surface area contributed by atoms with Gasteiger partial charge in [0.1, 0.15) is 0 Å². The molecule has 0 bridgehead atoms. The third kappa shape index (κ3) is 5.01. The van der Waals surface area contributed by atoms with E-state index >= 15 is 0 Å². The molecule has 1 heterocycles. The van der Waals surface area contributed by atoms with Gasteiger partial charge in [0.15, 0.2) is 0 Å². The lowest BCUT2D eigenvalue weighted by atomic mass is 9.89. The van der Waals surface area contributed by atoms with Crippen LogP contribution in [0.4, 0.5) is 0 Å². The molecule has 0 aromatic rings. The van der Waals surface area contributed by atoms with Crippen molar-refractivity contribution in [1.29, 1.82) is 0 Å². The Morgan fingerprint density at radius 1 is 1.20 bits per heavy atom. The number of rotatable bonds is 9. The van der Waals surface area contributed by atoms with Crippen molar-refractivity contribution in [3.8, 4) is 0 Å². The van der Waals surface area contributed by atoms with E-state index in [-0.39, 0.29) is 5.54 Å². The summed E-state index contributed by atoms with van der Waals surface area (Å²) in [4.78, 5) is 2.64. The van der Waals surface area contributed by atoms with Gasteiger partial charge in [0.25, 0.3) is 0 Å². The summed E-state index contributed by atoms with van der Waals surface area (Å²) < 4.78 is 5.83. The molecule has 1 rings (SSSR count). The highest BCUT2D eigenvalue weighted by Gasteiger charge is 2.37. The quantitative estimate of drug-likeness (QED) is 0.658. The van der Waals surface area contributed by atoms with Crippen molar-refractivity contribution >= 4 is 0 Å². The molecule has 0 aromatic heterocycles. The highest BCUT2D eigenvalue weighted by molar-refractivity contribution is 4.93. The summed E-state index contributed by atoms with van der Waals surface area (Å²) in [7, 11) is 0. The van der Waals surface area contributed by atoms with Gasteiger partial charge in [-0.3, -0.25) is 4.90 Å². The molecule has 3 heteroatoms. The predicted octanol–water partition coefficient (Wildman–Crippen LogP) is 3.56. The van der Waals surface area contributed by atoms with Gasteiger partial charge in [0.05, 0.1) is 12.7 Å². The van der Waals surface area contributed by atoms with Crippen LogP contribution in [0, 0.1) is 0 Å². The van der Waals surface area contributed by atoms with Crippen LogP contribution in [0.15, 0.2) is 0 Å². The Kier molecular flexibility index (Phi) is 8.08. The summed E-state index contributed by atoms with van der Waals surface area (Å²) >= 11 is 0. The van der Waals surface area contributed by atoms with Crippen LogP contribution in [-0.2, 0) is 4.74 Å². The van der Waals surface area contributed by atoms with Gasteiger partial charge in [-0.15, -0.1) is 0 Å². The normalized spacial score (nSPS) is 27.4. The average molecular weight is 284 g/mol. The van der Waals surface area contributed by atoms with E-state index in [1.807, 2.05) is 0 Å². The van der Waals surface area contributed by atoms with Gasteiger partial charge in [-0.1, -0.05) is 46.0 Å². The number of morpholine rings is 1. The van der Waals surface area contributed by atoms with Crippen molar-refractivity contribution in [1.82, 2.24) is 4.90 Å². The van der Waals surface area contributed by atoms with E-state index in [1.165, 1.54) is 38.5 Å². The lowest BCUT2D eigenvalue weighted by Crippen LogP contribution is -2.61. The molecule has 2 N–H and O–H groups in total. The van der Waals surface area contributed by atoms with Crippen molar-refractivity contribution in [2.75, 3.05) is 19.7 Å². The molecule has 1 aliphatic rings. The molecule has 120 valence electrons. The second-order valence-corrected chi connectivity index (χ2v) is 6.72. The van der Waals surface area contributed by atoms with Crippen molar-refractivity contribution in [3.05, 3.63) is 0 Å². The molecular weight excluding hydrogens is 248 g/mol. The Hall–Kier alpha value is -0.120. The number of hydrogen-bond acceptors (Lipinski definition) is 3. The maximum atomic E-state index is 6.16. The minimum atomic E-state index is 0.144. The molecule has 0 aliphatic carbocycles. The van der Waals surface area contributed by atoms with E-state index in [1.54, 1.807) is 0 Å². The smallest absolute Gasteiger partial charge is 0.0675 e. The zero-order valence-corrected chi connectivity index (χ0v) is 14.2. The first-order chi connectivity index (χ1) is 9.57. The summed E-state index contributed by atoms with van der Waals surface area (Å²) in [6, 6.07) is 0.537. The summed E-state index contributed by atoms with van der Waals surface area (Å²) in [6.07, 6.45) is 9.40. The van der Waals surface area contributed by atoms with Crippen LogP contribution in [0.2, 0.25) is 0 Å². The molecule has 1 fully saturated rings. The van der Waals surface area contributed by atoms with Gasteiger partial charge >= 0.3 is 0 Å². The Labute approximate surface area is 126 Å². The van der Waals surface area contributed by atoms with Crippen molar-refractivity contribution < 1.29 is 4.74 Å². The second-order valence-electron chi connectivity index (χ2n) is 6.72. The number of unbranched alkanes of at least 4 members (excludes halogenated alkanes) is 4. The zero-order chi connectivity index (χ0) is 15.0. The molecule has 0 aromatic carbocycles. The Balaban J connectivity index is 2.55. The van der Waals surface area contributed by atoms with Gasteiger partial charge in [0, 0.05) is 24.7 Å². The van der Waals surface area contributed by atoms with E-state index in [0.29, 0.717) is 12.1 Å². The van der Waals surface area contributed by atoms with Crippen molar-refractivity contribution in [2.24, 2.45) is 5.73 Å². The van der Waals surface area contributed by atoms with E-state index in [2.05, 4.69) is 32.6 Å². The Morgan fingerprint density at radius 2 is 1.90 bits per heavy atom. The van der Waals surface area contributed by atoms with E-state index in [0.717, 1.165) is 26.1 Å². The van der Waals surface area contributed by atoms with Crippen LogP contribution in [-0.4, -0.2) is 42.3 Å². The van der Waals surface area contributed by atoms with Crippen molar-refractivity contribution in [3.63, 3.8) is 0 Å². The fourth-order valence-corrected chi connectivity index (χ4v) is 3.32. The topological polar surface area (TPSA) is 38.5 Å². The lowest BCUT2D eigenvalue weighted by Gasteiger charge is -2.49. The molecular formula is C17H36N2O. The molecule has 0 radical (unpaired) electrons. The fraction of sp³-hybridized carbons (Fsp3) is 1.00. The number of nitrogens with zero attached hydrogens (tertiary/aromatic N) is 1. The highest BCUT2D eigenvalue weighted by Crippen LogP contribution is 2.28. The lowest BCUT2D eigenvalue weighted by molar-refractivity contribution is -0.0968. The van der Waals surface area contributed by atoms with Crippen LogP contribution in [0.5, 0.6) is 0 Å². The molecule has 20 heavy (non-hydrogen) atoms. The first kappa shape index (κ1) is 17.9. The highest BCUT2D eigenvalue weighted by atomic mass is 16.5. The van der Waals surface area contributed by atoms with Crippen LogP contribution in [0.1, 0.15) is 72.6 Å². The third-order valence-corrected chi connectivity index (χ3v) is 4.89. The average Bonchev–Trinajstić information content (AvgIpc) is 2.46. The Morgan fingerprint density at radius 3 is 2.50 bits per heavy atom. The molecule has 1 saturated heterocycles. The third-order valence-electron chi connectivity index (χ3n) is 4.89. The summed E-state index contributed by atoms with van der Waals surface area (Å²) in [6.45, 7) is 11.7. The Bertz CT molecular complexity index is 259. The zero-order valence-electron chi connectivity index (χ0n) is 14.2. The van der Waals surface area contributed by atoms with Gasteiger partial charge in [-0.25, -0.2) is 0 Å². The van der Waals surface area contributed by atoms with Crippen LogP contribution in [0.3, 0.4) is 0 Å². The maximum absolute atomic E-state index is 6.16. The molecule has 3 nitrogen and oxygen atoms in total. The first-order valence-corrected chi connectivity index (χ1v) is 8.65. The summed E-state index contributed by atoms with van der Waals surface area (Å²) in [5.74, 6) is 0. The van der Waals surface area contributed by atoms with Gasteiger partial charge in [0.2, 0.25) is 0 Å². The van der Waals surface area contributed by atoms with Crippen LogP contribution < -0.4 is 5.73 Å². The molecule has 3 unspecified atom stereocenters. The molecule has 0 amide bonds. The van der Waals surface area contributed by atoms with E-state index < -0.39 is 0 Å². The monoisotopic (exact) mass is 284 g/mol.